The van der Waals surface area contributed by atoms with E-state index in [0.29, 0.717) is 17.1 Å². The summed E-state index contributed by atoms with van der Waals surface area (Å²) < 4.78 is 36.5. The van der Waals surface area contributed by atoms with Gasteiger partial charge in [0, 0.05) is 19.3 Å². The summed E-state index contributed by atoms with van der Waals surface area (Å²) in [6.07, 6.45) is 3.28. The summed E-state index contributed by atoms with van der Waals surface area (Å²) in [4.78, 5) is 4.42. The molecule has 0 bridgehead atoms. The molecule has 2 N–H and O–H groups in total. The number of benzene rings is 1. The SMILES string of the molecule is CCCCNC(=NCc1cc(F)ccc1CS(C)(=O)=O)NCC. The summed E-state index contributed by atoms with van der Waals surface area (Å²) >= 11 is 0. The van der Waals surface area contributed by atoms with Gasteiger partial charge in [-0.05, 0) is 36.6 Å². The Labute approximate surface area is 138 Å². The van der Waals surface area contributed by atoms with Crippen molar-refractivity contribution in [2.75, 3.05) is 19.3 Å². The number of unbranched alkanes of at least 4 members (excludes halogenated alkanes) is 1. The van der Waals surface area contributed by atoms with Gasteiger partial charge in [-0.15, -0.1) is 0 Å². The van der Waals surface area contributed by atoms with Crippen molar-refractivity contribution in [3.63, 3.8) is 0 Å². The Morgan fingerprint density at radius 2 is 1.96 bits per heavy atom. The van der Waals surface area contributed by atoms with E-state index in [2.05, 4.69) is 22.5 Å². The van der Waals surface area contributed by atoms with Gasteiger partial charge >= 0.3 is 0 Å². The maximum Gasteiger partial charge on any atom is 0.191 e. The van der Waals surface area contributed by atoms with Crippen LogP contribution >= 0.6 is 0 Å². The highest BCUT2D eigenvalue weighted by molar-refractivity contribution is 7.89. The van der Waals surface area contributed by atoms with E-state index in [1.54, 1.807) is 0 Å². The summed E-state index contributed by atoms with van der Waals surface area (Å²) in [6, 6.07) is 4.14. The lowest BCUT2D eigenvalue weighted by molar-refractivity contribution is 0.600. The van der Waals surface area contributed by atoms with E-state index < -0.39 is 15.7 Å². The van der Waals surface area contributed by atoms with Gasteiger partial charge in [-0.2, -0.15) is 0 Å². The summed E-state index contributed by atoms with van der Waals surface area (Å²) in [6.45, 7) is 5.83. The summed E-state index contributed by atoms with van der Waals surface area (Å²) in [5, 5.41) is 6.32. The molecule has 0 amide bonds. The highest BCUT2D eigenvalue weighted by atomic mass is 32.2. The van der Waals surface area contributed by atoms with Gasteiger partial charge in [0.1, 0.15) is 5.82 Å². The fourth-order valence-corrected chi connectivity index (χ4v) is 2.90. The first-order chi connectivity index (χ1) is 10.9. The lowest BCUT2D eigenvalue weighted by Crippen LogP contribution is -2.37. The largest absolute Gasteiger partial charge is 0.357 e. The van der Waals surface area contributed by atoms with Crippen LogP contribution in [0.4, 0.5) is 4.39 Å². The zero-order valence-electron chi connectivity index (χ0n) is 14.0. The zero-order valence-corrected chi connectivity index (χ0v) is 14.8. The molecule has 0 unspecified atom stereocenters. The molecule has 1 aromatic carbocycles. The van der Waals surface area contributed by atoms with Crippen molar-refractivity contribution >= 4 is 15.8 Å². The van der Waals surface area contributed by atoms with E-state index in [1.807, 2.05) is 6.92 Å². The molecule has 0 saturated heterocycles. The first-order valence-corrected chi connectivity index (χ1v) is 9.89. The van der Waals surface area contributed by atoms with Crippen LogP contribution in [0.3, 0.4) is 0 Å². The third-order valence-corrected chi connectivity index (χ3v) is 4.00. The minimum Gasteiger partial charge on any atom is -0.357 e. The molecule has 0 radical (unpaired) electrons. The van der Waals surface area contributed by atoms with Crippen LogP contribution in [0.25, 0.3) is 0 Å². The molecule has 0 saturated carbocycles. The Kier molecular flexibility index (Phi) is 8.02. The predicted molar refractivity (Wildman–Crippen MR) is 92.7 cm³/mol. The van der Waals surface area contributed by atoms with Crippen LogP contribution < -0.4 is 10.6 Å². The van der Waals surface area contributed by atoms with Gasteiger partial charge in [-0.1, -0.05) is 19.4 Å². The number of halogens is 1. The molecule has 0 aliphatic heterocycles. The number of rotatable bonds is 8. The molecule has 0 aliphatic rings. The molecule has 7 heteroatoms. The molecule has 0 heterocycles. The number of hydrogen-bond donors (Lipinski definition) is 2. The van der Waals surface area contributed by atoms with E-state index in [0.717, 1.165) is 25.9 Å². The molecule has 0 aromatic heterocycles. The second-order valence-electron chi connectivity index (χ2n) is 5.46. The number of hydrogen-bond acceptors (Lipinski definition) is 3. The first-order valence-electron chi connectivity index (χ1n) is 7.83. The Bertz CT molecular complexity index is 630. The van der Waals surface area contributed by atoms with Gasteiger partial charge in [-0.25, -0.2) is 17.8 Å². The number of nitrogens with zero attached hydrogens (tertiary/aromatic N) is 1. The average molecular weight is 343 g/mol. The van der Waals surface area contributed by atoms with Gasteiger partial charge in [-0.3, -0.25) is 0 Å². The molecule has 0 atom stereocenters. The second kappa shape index (κ2) is 9.50. The highest BCUT2D eigenvalue weighted by Gasteiger charge is 2.10. The third-order valence-electron chi connectivity index (χ3n) is 3.16. The maximum atomic E-state index is 13.5. The normalized spacial score (nSPS) is 12.3. The Hall–Kier alpha value is -1.63. The fraction of sp³-hybridized carbons (Fsp3) is 0.562. The summed E-state index contributed by atoms with van der Waals surface area (Å²) in [5.41, 5.74) is 1.17. The van der Waals surface area contributed by atoms with Crippen LogP contribution in [0, 0.1) is 5.82 Å². The number of nitrogens with one attached hydrogen (secondary N) is 2. The maximum absolute atomic E-state index is 13.5. The lowest BCUT2D eigenvalue weighted by atomic mass is 10.1. The van der Waals surface area contributed by atoms with E-state index in [-0.39, 0.29) is 12.3 Å². The van der Waals surface area contributed by atoms with Crippen LogP contribution in [0.1, 0.15) is 37.8 Å². The quantitative estimate of drug-likeness (QED) is 0.431. The highest BCUT2D eigenvalue weighted by Crippen LogP contribution is 2.15. The molecule has 0 aliphatic carbocycles. The van der Waals surface area contributed by atoms with Crippen LogP contribution in [0.2, 0.25) is 0 Å². The van der Waals surface area contributed by atoms with Crippen molar-refractivity contribution in [3.8, 4) is 0 Å². The van der Waals surface area contributed by atoms with E-state index in [4.69, 9.17) is 0 Å². The lowest BCUT2D eigenvalue weighted by Gasteiger charge is -2.12. The van der Waals surface area contributed by atoms with Crippen molar-refractivity contribution < 1.29 is 12.8 Å². The van der Waals surface area contributed by atoms with Crippen LogP contribution in [-0.2, 0) is 22.1 Å². The van der Waals surface area contributed by atoms with Gasteiger partial charge in [0.05, 0.1) is 12.3 Å². The van der Waals surface area contributed by atoms with Crippen molar-refractivity contribution in [2.24, 2.45) is 4.99 Å². The van der Waals surface area contributed by atoms with Crippen molar-refractivity contribution in [2.45, 2.75) is 39.0 Å². The van der Waals surface area contributed by atoms with Gasteiger partial charge in [0.25, 0.3) is 0 Å². The fourth-order valence-electron chi connectivity index (χ4n) is 2.05. The molecule has 23 heavy (non-hydrogen) atoms. The average Bonchev–Trinajstić information content (AvgIpc) is 2.46. The van der Waals surface area contributed by atoms with Gasteiger partial charge in [0.2, 0.25) is 0 Å². The first kappa shape index (κ1) is 19.4. The van der Waals surface area contributed by atoms with Crippen LogP contribution in [0.15, 0.2) is 23.2 Å². The smallest absolute Gasteiger partial charge is 0.191 e. The molecular formula is C16H26FN3O2S. The second-order valence-corrected chi connectivity index (χ2v) is 7.60. The van der Waals surface area contributed by atoms with Gasteiger partial charge < -0.3 is 10.6 Å². The molecule has 0 fully saturated rings. The molecule has 0 spiro atoms. The minimum absolute atomic E-state index is 0.113. The Morgan fingerprint density at radius 3 is 2.57 bits per heavy atom. The molecule has 1 rings (SSSR count). The third kappa shape index (κ3) is 7.97. The zero-order chi connectivity index (χ0) is 17.3. The van der Waals surface area contributed by atoms with Crippen molar-refractivity contribution in [1.29, 1.82) is 0 Å². The number of sulfone groups is 1. The van der Waals surface area contributed by atoms with Crippen LogP contribution in [-0.4, -0.2) is 33.7 Å². The van der Waals surface area contributed by atoms with Crippen LogP contribution in [0.5, 0.6) is 0 Å². The standard InChI is InChI=1S/C16H26FN3O2S/c1-4-6-9-19-16(18-5-2)20-11-14-10-15(17)8-7-13(14)12-23(3,21)22/h7-8,10H,4-6,9,11-12H2,1-3H3,(H2,18,19,20). The van der Waals surface area contributed by atoms with E-state index in [1.165, 1.54) is 24.5 Å². The van der Waals surface area contributed by atoms with Crippen molar-refractivity contribution in [3.05, 3.63) is 35.1 Å². The minimum atomic E-state index is -3.18. The van der Waals surface area contributed by atoms with Gasteiger partial charge in [0.15, 0.2) is 15.8 Å². The number of guanidine groups is 1. The van der Waals surface area contributed by atoms with E-state index >= 15 is 0 Å². The molecule has 130 valence electrons. The Morgan fingerprint density at radius 1 is 1.22 bits per heavy atom. The van der Waals surface area contributed by atoms with E-state index in [9.17, 15) is 12.8 Å². The summed E-state index contributed by atoms with van der Waals surface area (Å²) in [5.74, 6) is 0.143. The topological polar surface area (TPSA) is 70.6 Å². The molecule has 5 nitrogen and oxygen atoms in total. The van der Waals surface area contributed by atoms with Crippen molar-refractivity contribution in [1.82, 2.24) is 10.6 Å². The monoisotopic (exact) mass is 343 g/mol. The molecule has 1 aromatic rings. The number of aliphatic imine (C=N–C) groups is 1. The summed E-state index contributed by atoms with van der Waals surface area (Å²) in [7, 11) is -3.18. The Balaban J connectivity index is 2.91. The predicted octanol–water partition coefficient (Wildman–Crippen LogP) is 2.23. The molecular weight excluding hydrogens is 317 g/mol.